The lowest BCUT2D eigenvalue weighted by Gasteiger charge is -2.32. The number of likely N-dealkylation sites (tertiary alicyclic amines) is 1. The second-order valence-corrected chi connectivity index (χ2v) is 12.2. The van der Waals surface area contributed by atoms with E-state index < -0.39 is 20.0 Å². The van der Waals surface area contributed by atoms with Gasteiger partial charge in [-0.2, -0.15) is 0 Å². The number of likely N-dealkylation sites (N-methyl/N-ethyl adjacent to an activating group) is 1. The Morgan fingerprint density at radius 2 is 1.62 bits per heavy atom. The van der Waals surface area contributed by atoms with Gasteiger partial charge >= 0.3 is 0 Å². The summed E-state index contributed by atoms with van der Waals surface area (Å²) in [5.74, 6) is -0.173. The number of anilines is 2. The Labute approximate surface area is 202 Å². The molecule has 1 fully saturated rings. The van der Waals surface area contributed by atoms with Gasteiger partial charge in [0.1, 0.15) is 0 Å². The van der Waals surface area contributed by atoms with Crippen LogP contribution < -0.4 is 9.44 Å². The molecule has 34 heavy (non-hydrogen) atoms. The molecule has 1 aliphatic rings. The van der Waals surface area contributed by atoms with Gasteiger partial charge in [-0.25, -0.2) is 16.8 Å². The molecule has 186 valence electrons. The van der Waals surface area contributed by atoms with Gasteiger partial charge in [0.25, 0.3) is 0 Å². The van der Waals surface area contributed by atoms with E-state index in [1.165, 1.54) is 0 Å². The molecule has 2 N–H and O–H groups in total. The number of amides is 1. The summed E-state index contributed by atoms with van der Waals surface area (Å²) < 4.78 is 51.8. The van der Waals surface area contributed by atoms with Crippen LogP contribution in [0.25, 0.3) is 0 Å². The van der Waals surface area contributed by atoms with Crippen LogP contribution in [0, 0.1) is 0 Å². The highest BCUT2D eigenvalue weighted by Gasteiger charge is 2.26. The van der Waals surface area contributed by atoms with E-state index in [0.29, 0.717) is 23.5 Å². The van der Waals surface area contributed by atoms with Crippen LogP contribution in [0.3, 0.4) is 0 Å². The van der Waals surface area contributed by atoms with E-state index in [9.17, 15) is 21.6 Å². The van der Waals surface area contributed by atoms with Crippen LogP contribution >= 0.6 is 0 Å². The Bertz CT molecular complexity index is 1230. The van der Waals surface area contributed by atoms with Gasteiger partial charge in [-0.3, -0.25) is 14.2 Å². The molecule has 0 aliphatic carbocycles. The Hall–Kier alpha value is -2.63. The summed E-state index contributed by atoms with van der Waals surface area (Å²) in [6.07, 6.45) is 4.39. The molecule has 3 rings (SSSR count). The molecule has 1 heterocycles. The fourth-order valence-corrected chi connectivity index (χ4v) is 5.27. The lowest BCUT2D eigenvalue weighted by molar-refractivity contribution is -0.131. The van der Waals surface area contributed by atoms with Crippen LogP contribution in [0.4, 0.5) is 11.4 Å². The van der Waals surface area contributed by atoms with E-state index in [-0.39, 0.29) is 18.4 Å². The summed E-state index contributed by atoms with van der Waals surface area (Å²) in [5, 5.41) is 0. The molecule has 0 unspecified atom stereocenters. The van der Waals surface area contributed by atoms with Crippen LogP contribution in [-0.4, -0.2) is 71.7 Å². The molecule has 0 aromatic heterocycles. The number of sulfonamides is 2. The molecule has 11 heteroatoms. The average molecular weight is 509 g/mol. The first kappa shape index (κ1) is 26.0. The first-order chi connectivity index (χ1) is 15.9. The summed E-state index contributed by atoms with van der Waals surface area (Å²) in [6, 6.07) is 13.6. The molecule has 0 radical (unpaired) electrons. The van der Waals surface area contributed by atoms with E-state index in [1.54, 1.807) is 54.4 Å². The highest BCUT2D eigenvalue weighted by Crippen LogP contribution is 2.27. The van der Waals surface area contributed by atoms with Crippen molar-refractivity contribution in [3.8, 4) is 0 Å². The number of hydrogen-bond donors (Lipinski definition) is 2. The first-order valence-electron chi connectivity index (χ1n) is 11.0. The van der Waals surface area contributed by atoms with Crippen molar-refractivity contribution in [2.24, 2.45) is 0 Å². The van der Waals surface area contributed by atoms with Crippen molar-refractivity contribution in [3.05, 3.63) is 59.7 Å². The lowest BCUT2D eigenvalue weighted by atomic mass is 10.0. The van der Waals surface area contributed by atoms with Crippen molar-refractivity contribution in [3.63, 3.8) is 0 Å². The molecular weight excluding hydrogens is 476 g/mol. The number of rotatable bonds is 10. The molecular formula is C23H32N4O5S2. The van der Waals surface area contributed by atoms with Crippen LogP contribution in [0.1, 0.15) is 30.0 Å². The Kier molecular flexibility index (Phi) is 8.21. The predicted molar refractivity (Wildman–Crippen MR) is 135 cm³/mol. The number of nitrogens with zero attached hydrogens (tertiary/aromatic N) is 2. The van der Waals surface area contributed by atoms with Gasteiger partial charge in [-0.15, -0.1) is 0 Å². The third kappa shape index (κ3) is 7.71. The summed E-state index contributed by atoms with van der Waals surface area (Å²) in [6.45, 7) is 2.51. The standard InChI is InChI=1S/C23H32N4O5S2/c1-26(23(28)16-18-9-4-5-12-21(18)25-34(3,31)32)22(17-27-13-6-7-14-27)19-10-8-11-20(15-19)24-33(2,29)30/h4-5,8-12,15,22,24-25H,6-7,13-14,16-17H2,1-3H3/t22-/m1/s1. The number of benzene rings is 2. The minimum Gasteiger partial charge on any atom is -0.337 e. The van der Waals surface area contributed by atoms with Crippen molar-refractivity contribution >= 4 is 37.3 Å². The number of carbonyl (C=O) groups is 1. The van der Waals surface area contributed by atoms with Crippen LogP contribution in [0.5, 0.6) is 0 Å². The van der Waals surface area contributed by atoms with Crippen molar-refractivity contribution in [2.45, 2.75) is 25.3 Å². The second kappa shape index (κ2) is 10.7. The molecule has 1 saturated heterocycles. The van der Waals surface area contributed by atoms with Gasteiger partial charge in [0, 0.05) is 19.3 Å². The summed E-state index contributed by atoms with van der Waals surface area (Å²) in [5.41, 5.74) is 2.22. The molecule has 2 aromatic carbocycles. The predicted octanol–water partition coefficient (Wildman–Crippen LogP) is 2.27. The number of hydrogen-bond acceptors (Lipinski definition) is 6. The zero-order valence-corrected chi connectivity index (χ0v) is 21.3. The van der Waals surface area contributed by atoms with Gasteiger partial charge in [0.05, 0.1) is 30.7 Å². The topological polar surface area (TPSA) is 116 Å². The normalized spacial score (nSPS) is 15.6. The Balaban J connectivity index is 1.87. The molecule has 0 saturated carbocycles. The quantitative estimate of drug-likeness (QED) is 0.509. The maximum absolute atomic E-state index is 13.4. The van der Waals surface area contributed by atoms with Crippen LogP contribution in [-0.2, 0) is 31.3 Å². The minimum atomic E-state index is -3.49. The minimum absolute atomic E-state index is 0.0208. The van der Waals surface area contributed by atoms with Crippen LogP contribution in [0.2, 0.25) is 0 Å². The lowest BCUT2D eigenvalue weighted by Crippen LogP contribution is -2.39. The van der Waals surface area contributed by atoms with E-state index in [4.69, 9.17) is 0 Å². The second-order valence-electron chi connectivity index (χ2n) is 8.74. The molecule has 1 amide bonds. The molecule has 0 bridgehead atoms. The number of carbonyl (C=O) groups excluding carboxylic acids is 1. The van der Waals surface area contributed by atoms with Gasteiger partial charge in [0.15, 0.2) is 0 Å². The molecule has 1 aliphatic heterocycles. The third-order valence-corrected chi connectivity index (χ3v) is 6.92. The first-order valence-corrected chi connectivity index (χ1v) is 14.8. The van der Waals surface area contributed by atoms with E-state index in [0.717, 1.165) is 44.0 Å². The summed E-state index contributed by atoms with van der Waals surface area (Å²) in [7, 11) is -5.20. The monoisotopic (exact) mass is 508 g/mol. The van der Waals surface area contributed by atoms with Gasteiger partial charge in [-0.05, 0) is 55.3 Å². The maximum Gasteiger partial charge on any atom is 0.229 e. The van der Waals surface area contributed by atoms with Crippen LogP contribution in [0.15, 0.2) is 48.5 Å². The molecule has 1 atom stereocenters. The molecule has 0 spiro atoms. The zero-order chi connectivity index (χ0) is 24.9. The van der Waals surface area contributed by atoms with E-state index in [1.807, 2.05) is 6.07 Å². The van der Waals surface area contributed by atoms with Gasteiger partial charge in [0.2, 0.25) is 26.0 Å². The maximum atomic E-state index is 13.4. The zero-order valence-electron chi connectivity index (χ0n) is 19.7. The van der Waals surface area contributed by atoms with Crippen molar-refractivity contribution in [1.82, 2.24) is 9.80 Å². The van der Waals surface area contributed by atoms with Gasteiger partial charge in [-0.1, -0.05) is 30.3 Å². The molecule has 9 nitrogen and oxygen atoms in total. The third-order valence-electron chi connectivity index (χ3n) is 5.72. The molecule has 2 aromatic rings. The van der Waals surface area contributed by atoms with Crippen molar-refractivity contribution < 1.29 is 21.6 Å². The highest BCUT2D eigenvalue weighted by atomic mass is 32.2. The largest absolute Gasteiger partial charge is 0.337 e. The Morgan fingerprint density at radius 3 is 2.26 bits per heavy atom. The van der Waals surface area contributed by atoms with Crippen molar-refractivity contribution in [1.29, 1.82) is 0 Å². The van der Waals surface area contributed by atoms with Gasteiger partial charge < -0.3 is 9.80 Å². The summed E-state index contributed by atoms with van der Waals surface area (Å²) >= 11 is 0. The SMILES string of the molecule is CN(C(=O)Cc1ccccc1NS(C)(=O)=O)[C@H](CN1CCCC1)c1cccc(NS(C)(=O)=O)c1. The Morgan fingerprint density at radius 1 is 0.971 bits per heavy atom. The van der Waals surface area contributed by atoms with E-state index >= 15 is 0 Å². The average Bonchev–Trinajstić information content (AvgIpc) is 3.24. The highest BCUT2D eigenvalue weighted by molar-refractivity contribution is 7.92. The smallest absolute Gasteiger partial charge is 0.229 e. The fraction of sp³-hybridized carbons (Fsp3) is 0.435. The van der Waals surface area contributed by atoms with Crippen molar-refractivity contribution in [2.75, 3.05) is 48.6 Å². The fourth-order valence-electron chi connectivity index (χ4n) is 4.12. The number of para-hydroxylation sites is 1. The van der Waals surface area contributed by atoms with E-state index in [2.05, 4.69) is 14.3 Å². The summed E-state index contributed by atoms with van der Waals surface area (Å²) in [4.78, 5) is 17.3. The number of nitrogens with one attached hydrogen (secondary N) is 2.